The molecular formula is C18H16Cl2IN5O2S2. The van der Waals surface area contributed by atoms with Crippen molar-refractivity contribution in [1.82, 2.24) is 0 Å². The number of hydrogen-bond acceptors (Lipinski definition) is 5. The van der Waals surface area contributed by atoms with Crippen LogP contribution in [0.5, 0.6) is 0 Å². The van der Waals surface area contributed by atoms with E-state index in [9.17, 15) is 9.59 Å². The topological polar surface area (TPSA) is 89.4 Å². The molecule has 4 heterocycles. The summed E-state index contributed by atoms with van der Waals surface area (Å²) in [7, 11) is 1.75. The summed E-state index contributed by atoms with van der Waals surface area (Å²) in [4.78, 5) is 34.5. The predicted molar refractivity (Wildman–Crippen MR) is 131 cm³/mol. The highest BCUT2D eigenvalue weighted by molar-refractivity contribution is 14.1. The quantitative estimate of drug-likeness (QED) is 0.149. The fourth-order valence-corrected chi connectivity index (χ4v) is 7.47. The highest BCUT2D eigenvalue weighted by atomic mass is 127. The van der Waals surface area contributed by atoms with Crippen molar-refractivity contribution in [2.75, 3.05) is 23.4 Å². The minimum absolute atomic E-state index is 0.0220. The van der Waals surface area contributed by atoms with Crippen molar-refractivity contribution < 1.29 is 9.59 Å². The number of amides is 2. The average molecular weight is 596 g/mol. The maximum Gasteiger partial charge on any atom is 0.240 e. The van der Waals surface area contributed by atoms with Crippen LogP contribution in [0.4, 0.5) is 11.4 Å². The first-order valence-electron chi connectivity index (χ1n) is 9.13. The first kappa shape index (κ1) is 22.2. The summed E-state index contributed by atoms with van der Waals surface area (Å²) in [6, 6.07) is 2.84. The molecule has 158 valence electrons. The second kappa shape index (κ2) is 8.84. The van der Waals surface area contributed by atoms with Crippen molar-refractivity contribution in [3.8, 4) is 0 Å². The Hall–Kier alpha value is -1.04. The van der Waals surface area contributed by atoms with Crippen molar-refractivity contribution in [3.05, 3.63) is 41.0 Å². The van der Waals surface area contributed by atoms with Crippen molar-refractivity contribution in [2.45, 2.75) is 29.2 Å². The van der Waals surface area contributed by atoms with Crippen LogP contribution in [0.1, 0.15) is 16.2 Å². The summed E-state index contributed by atoms with van der Waals surface area (Å²) >= 11 is 17.5. The van der Waals surface area contributed by atoms with Gasteiger partial charge in [0, 0.05) is 34.2 Å². The Morgan fingerprint density at radius 3 is 2.57 bits per heavy atom. The highest BCUT2D eigenvalue weighted by Gasteiger charge is 2.39. The van der Waals surface area contributed by atoms with E-state index in [4.69, 9.17) is 28.7 Å². The Kier molecular flexibility index (Phi) is 6.53. The summed E-state index contributed by atoms with van der Waals surface area (Å²) < 4.78 is 0.916. The van der Waals surface area contributed by atoms with Gasteiger partial charge in [-0.3, -0.25) is 9.59 Å². The smallest absolute Gasteiger partial charge is 0.240 e. The van der Waals surface area contributed by atoms with E-state index in [-0.39, 0.29) is 21.7 Å². The molecule has 3 unspecified atom stereocenters. The molecule has 0 bridgehead atoms. The van der Waals surface area contributed by atoms with E-state index in [2.05, 4.69) is 32.6 Å². The molecule has 0 aliphatic carbocycles. The largest absolute Gasteiger partial charge is 0.313 e. The van der Waals surface area contributed by atoms with Crippen molar-refractivity contribution >= 4 is 91.7 Å². The maximum absolute atomic E-state index is 13.3. The monoisotopic (exact) mass is 595 g/mol. The molecule has 2 aliphatic heterocycles. The third-order valence-electron chi connectivity index (χ3n) is 5.40. The van der Waals surface area contributed by atoms with Gasteiger partial charge in [-0.25, -0.2) is 0 Å². The van der Waals surface area contributed by atoms with Gasteiger partial charge in [-0.2, -0.15) is 0 Å². The summed E-state index contributed by atoms with van der Waals surface area (Å²) in [5.74, 6) is -0.401. The lowest BCUT2D eigenvalue weighted by Crippen LogP contribution is -2.45. The molecule has 0 N–H and O–H groups in total. The lowest BCUT2D eigenvalue weighted by atomic mass is 9.99. The van der Waals surface area contributed by atoms with Gasteiger partial charge in [0.25, 0.3) is 0 Å². The number of carbonyl (C=O) groups excluding carboxylic acids is 2. The number of thiophene rings is 2. The van der Waals surface area contributed by atoms with Gasteiger partial charge in [0.05, 0.1) is 24.0 Å². The van der Waals surface area contributed by atoms with Crippen LogP contribution in [0.3, 0.4) is 0 Å². The Morgan fingerprint density at radius 1 is 1.20 bits per heavy atom. The third kappa shape index (κ3) is 4.05. The Balaban J connectivity index is 1.72. The molecule has 0 saturated carbocycles. The van der Waals surface area contributed by atoms with E-state index in [0.717, 1.165) is 21.1 Å². The number of halogens is 3. The van der Waals surface area contributed by atoms with Gasteiger partial charge < -0.3 is 9.80 Å². The molecule has 2 aromatic rings. The van der Waals surface area contributed by atoms with Crippen LogP contribution in [-0.2, 0) is 22.4 Å². The molecule has 2 aliphatic rings. The summed E-state index contributed by atoms with van der Waals surface area (Å²) in [6.07, 6.45) is 1.68. The van der Waals surface area contributed by atoms with Crippen LogP contribution in [-0.4, -0.2) is 35.4 Å². The van der Waals surface area contributed by atoms with E-state index >= 15 is 0 Å². The number of nitrogens with zero attached hydrogens (tertiary/aromatic N) is 5. The molecule has 0 spiro atoms. The van der Waals surface area contributed by atoms with Crippen LogP contribution >= 0.6 is 68.5 Å². The molecule has 2 amide bonds. The van der Waals surface area contributed by atoms with E-state index in [1.54, 1.807) is 22.9 Å². The third-order valence-corrected chi connectivity index (χ3v) is 9.54. The summed E-state index contributed by atoms with van der Waals surface area (Å²) in [6.45, 7) is 0.332. The zero-order valence-electron chi connectivity index (χ0n) is 15.7. The number of rotatable bonds is 3. The fraction of sp³-hybridized carbons (Fsp3) is 0.444. The summed E-state index contributed by atoms with van der Waals surface area (Å²) in [5.41, 5.74) is 10.5. The normalized spacial score (nSPS) is 24.1. The molecule has 0 fully saturated rings. The van der Waals surface area contributed by atoms with E-state index in [0.29, 0.717) is 34.5 Å². The van der Waals surface area contributed by atoms with E-state index in [1.807, 2.05) is 6.07 Å². The van der Waals surface area contributed by atoms with E-state index < -0.39 is 6.04 Å². The van der Waals surface area contributed by atoms with Crippen LogP contribution in [0.15, 0.2) is 17.2 Å². The number of azide groups is 1. The second-order valence-corrected chi connectivity index (χ2v) is 12.1. The first-order chi connectivity index (χ1) is 14.3. The van der Waals surface area contributed by atoms with Gasteiger partial charge in [0.2, 0.25) is 11.8 Å². The zero-order chi connectivity index (χ0) is 21.6. The average Bonchev–Trinajstić information content (AvgIpc) is 3.22. The van der Waals surface area contributed by atoms with Crippen LogP contribution in [0, 0.1) is 5.92 Å². The Labute approximate surface area is 204 Å². The minimum Gasteiger partial charge on any atom is -0.313 e. The SMILES string of the molecule is CN1C(=O)C(I)C(CN2C(=O)C(N=[N+]=[N-])CCc3sc(Cl)cc32)Cc2sc(Cl)cc21. The van der Waals surface area contributed by atoms with Gasteiger partial charge in [-0.1, -0.05) is 50.9 Å². The molecule has 0 aromatic carbocycles. The standard InChI is InChI=1S/C18H16Cl2IN5O2S2/c1-25-10-5-14(19)30-13(10)4-8(16(21)18(25)28)7-26-11-6-15(20)29-12(11)3-2-9(17(26)27)23-24-22/h5-6,8-9,16H,2-4,7H2,1H3. The van der Waals surface area contributed by atoms with Gasteiger partial charge in [-0.15, -0.1) is 22.7 Å². The van der Waals surface area contributed by atoms with Crippen LogP contribution < -0.4 is 9.80 Å². The number of alkyl halides is 1. The molecule has 0 radical (unpaired) electrons. The van der Waals surface area contributed by atoms with Crippen molar-refractivity contribution in [2.24, 2.45) is 11.0 Å². The van der Waals surface area contributed by atoms with Gasteiger partial charge in [-0.05, 0) is 36.9 Å². The number of aryl methyl sites for hydroxylation is 1. The minimum atomic E-state index is -0.767. The molecule has 0 saturated heterocycles. The number of carbonyl (C=O) groups is 2. The highest BCUT2D eigenvalue weighted by Crippen LogP contribution is 2.42. The number of anilines is 2. The molecule has 4 rings (SSSR count). The second-order valence-electron chi connectivity index (χ2n) is 7.19. The van der Waals surface area contributed by atoms with Crippen LogP contribution in [0.25, 0.3) is 10.4 Å². The fourth-order valence-electron chi connectivity index (χ4n) is 3.90. The lowest BCUT2D eigenvalue weighted by Gasteiger charge is -2.29. The van der Waals surface area contributed by atoms with Crippen LogP contribution in [0.2, 0.25) is 8.67 Å². The molecule has 2 aromatic heterocycles. The summed E-state index contributed by atoms with van der Waals surface area (Å²) in [5, 5.41) is 3.73. The van der Waals surface area contributed by atoms with Gasteiger partial charge in [0.15, 0.2) is 0 Å². The Bertz CT molecular complexity index is 1070. The molecule has 12 heteroatoms. The first-order valence-corrected chi connectivity index (χ1v) is 12.8. The molecule has 30 heavy (non-hydrogen) atoms. The van der Waals surface area contributed by atoms with Gasteiger partial charge in [0.1, 0.15) is 6.04 Å². The van der Waals surface area contributed by atoms with Crippen molar-refractivity contribution in [1.29, 1.82) is 0 Å². The van der Waals surface area contributed by atoms with Crippen molar-refractivity contribution in [3.63, 3.8) is 0 Å². The maximum atomic E-state index is 13.3. The number of hydrogen-bond donors (Lipinski definition) is 0. The number of fused-ring (bicyclic) bond motifs is 2. The molecular weight excluding hydrogens is 580 g/mol. The van der Waals surface area contributed by atoms with E-state index in [1.165, 1.54) is 22.7 Å². The Morgan fingerprint density at radius 2 is 1.87 bits per heavy atom. The predicted octanol–water partition coefficient (Wildman–Crippen LogP) is 5.71. The molecule has 3 atom stereocenters. The van der Waals surface area contributed by atoms with Gasteiger partial charge >= 0.3 is 0 Å². The lowest BCUT2D eigenvalue weighted by molar-refractivity contribution is -0.121. The molecule has 7 nitrogen and oxygen atoms in total. The zero-order valence-corrected chi connectivity index (χ0v) is 21.0.